The van der Waals surface area contributed by atoms with Gasteiger partial charge in [-0.15, -0.1) is 0 Å². The van der Waals surface area contributed by atoms with Gasteiger partial charge in [0.1, 0.15) is 0 Å². The zero-order valence-electron chi connectivity index (χ0n) is 12.0. The highest BCUT2D eigenvalue weighted by molar-refractivity contribution is 5.79. The Morgan fingerprint density at radius 3 is 3.05 bits per heavy atom. The number of rotatable bonds is 3. The SMILES string of the molecule is CN=C(NCCc1nc(C)no1)N1CCCC(C)C1. The van der Waals surface area contributed by atoms with Gasteiger partial charge in [0.15, 0.2) is 11.8 Å². The standard InChI is InChI=1S/C13H23N5O/c1-10-5-4-8-18(9-10)13(14-3)15-7-6-12-16-11(2)17-19-12/h10H,4-9H2,1-3H3,(H,14,15). The van der Waals surface area contributed by atoms with Crippen molar-refractivity contribution in [1.82, 2.24) is 20.4 Å². The first kappa shape index (κ1) is 13.8. The number of hydrogen-bond donors (Lipinski definition) is 1. The van der Waals surface area contributed by atoms with Crippen LogP contribution in [0.4, 0.5) is 0 Å². The lowest BCUT2D eigenvalue weighted by Crippen LogP contribution is -2.46. The minimum atomic E-state index is 0.674. The Balaban J connectivity index is 1.79. The summed E-state index contributed by atoms with van der Waals surface area (Å²) < 4.78 is 5.09. The minimum absolute atomic E-state index is 0.674. The molecular formula is C13H23N5O. The summed E-state index contributed by atoms with van der Waals surface area (Å²) in [6, 6.07) is 0. The molecule has 2 rings (SSSR count). The number of aryl methyl sites for hydroxylation is 1. The molecular weight excluding hydrogens is 242 g/mol. The zero-order chi connectivity index (χ0) is 13.7. The van der Waals surface area contributed by atoms with E-state index in [1.165, 1.54) is 12.8 Å². The Labute approximate surface area is 114 Å². The van der Waals surface area contributed by atoms with E-state index < -0.39 is 0 Å². The molecule has 6 nitrogen and oxygen atoms in total. The van der Waals surface area contributed by atoms with Crippen molar-refractivity contribution < 1.29 is 4.52 Å². The fourth-order valence-electron chi connectivity index (χ4n) is 2.44. The Morgan fingerprint density at radius 2 is 2.42 bits per heavy atom. The molecule has 1 fully saturated rings. The van der Waals surface area contributed by atoms with E-state index in [1.807, 2.05) is 14.0 Å². The normalized spacial score (nSPS) is 20.7. The quantitative estimate of drug-likeness (QED) is 0.657. The molecule has 1 unspecified atom stereocenters. The number of hydrogen-bond acceptors (Lipinski definition) is 4. The first-order valence-electron chi connectivity index (χ1n) is 6.94. The number of piperidine rings is 1. The van der Waals surface area contributed by atoms with Crippen molar-refractivity contribution in [2.75, 3.05) is 26.7 Å². The highest BCUT2D eigenvalue weighted by Gasteiger charge is 2.18. The van der Waals surface area contributed by atoms with E-state index in [0.717, 1.165) is 37.9 Å². The van der Waals surface area contributed by atoms with Gasteiger partial charge in [-0.2, -0.15) is 4.98 Å². The van der Waals surface area contributed by atoms with Crippen LogP contribution in [0.15, 0.2) is 9.52 Å². The Hall–Kier alpha value is -1.59. The van der Waals surface area contributed by atoms with Crippen molar-refractivity contribution in [3.8, 4) is 0 Å². The fourth-order valence-corrected chi connectivity index (χ4v) is 2.44. The number of guanidine groups is 1. The van der Waals surface area contributed by atoms with E-state index in [-0.39, 0.29) is 0 Å². The molecule has 0 bridgehead atoms. The fraction of sp³-hybridized carbons (Fsp3) is 0.769. The Bertz CT molecular complexity index is 428. The summed E-state index contributed by atoms with van der Waals surface area (Å²) in [6.07, 6.45) is 3.28. The maximum absolute atomic E-state index is 5.09. The average molecular weight is 265 g/mol. The van der Waals surface area contributed by atoms with Gasteiger partial charge in [-0.25, -0.2) is 0 Å². The van der Waals surface area contributed by atoms with Crippen molar-refractivity contribution in [3.63, 3.8) is 0 Å². The van der Waals surface area contributed by atoms with Gasteiger partial charge in [0.25, 0.3) is 0 Å². The third-order valence-corrected chi connectivity index (χ3v) is 3.36. The molecule has 1 aromatic rings. The van der Waals surface area contributed by atoms with Gasteiger partial charge in [-0.1, -0.05) is 12.1 Å². The van der Waals surface area contributed by atoms with Crippen LogP contribution in [0.3, 0.4) is 0 Å². The maximum Gasteiger partial charge on any atom is 0.228 e. The number of likely N-dealkylation sites (tertiary alicyclic amines) is 1. The molecule has 0 amide bonds. The van der Waals surface area contributed by atoms with Crippen LogP contribution in [0.2, 0.25) is 0 Å². The predicted molar refractivity (Wildman–Crippen MR) is 74.1 cm³/mol. The smallest absolute Gasteiger partial charge is 0.228 e. The summed E-state index contributed by atoms with van der Waals surface area (Å²) in [7, 11) is 1.83. The second kappa shape index (κ2) is 6.54. The lowest BCUT2D eigenvalue weighted by Gasteiger charge is -2.33. The molecule has 1 aromatic heterocycles. The largest absolute Gasteiger partial charge is 0.356 e. The van der Waals surface area contributed by atoms with Crippen LogP contribution in [0.5, 0.6) is 0 Å². The Kier molecular flexibility index (Phi) is 4.76. The van der Waals surface area contributed by atoms with Crippen molar-refractivity contribution >= 4 is 5.96 Å². The average Bonchev–Trinajstić information content (AvgIpc) is 2.80. The van der Waals surface area contributed by atoms with E-state index in [2.05, 4.69) is 32.3 Å². The minimum Gasteiger partial charge on any atom is -0.356 e. The predicted octanol–water partition coefficient (Wildman–Crippen LogP) is 1.23. The summed E-state index contributed by atoms with van der Waals surface area (Å²) in [4.78, 5) is 10.9. The second-order valence-corrected chi connectivity index (χ2v) is 5.15. The molecule has 0 radical (unpaired) electrons. The molecule has 1 atom stereocenters. The molecule has 1 saturated heterocycles. The van der Waals surface area contributed by atoms with Gasteiger partial charge in [0.05, 0.1) is 0 Å². The second-order valence-electron chi connectivity index (χ2n) is 5.15. The molecule has 1 aliphatic rings. The van der Waals surface area contributed by atoms with Crippen LogP contribution in [0.1, 0.15) is 31.5 Å². The highest BCUT2D eigenvalue weighted by atomic mass is 16.5. The monoisotopic (exact) mass is 265 g/mol. The summed E-state index contributed by atoms with van der Waals surface area (Å²) in [6.45, 7) is 7.05. The summed E-state index contributed by atoms with van der Waals surface area (Å²) in [5.74, 6) is 3.07. The third-order valence-electron chi connectivity index (χ3n) is 3.36. The van der Waals surface area contributed by atoms with E-state index in [1.54, 1.807) is 0 Å². The van der Waals surface area contributed by atoms with Crippen molar-refractivity contribution in [2.24, 2.45) is 10.9 Å². The first-order valence-corrected chi connectivity index (χ1v) is 6.94. The van der Waals surface area contributed by atoms with E-state index >= 15 is 0 Å². The van der Waals surface area contributed by atoms with Gasteiger partial charge in [0, 0.05) is 33.1 Å². The lowest BCUT2D eigenvalue weighted by atomic mass is 10.0. The molecule has 0 aliphatic carbocycles. The van der Waals surface area contributed by atoms with Gasteiger partial charge in [-0.05, 0) is 25.7 Å². The molecule has 106 valence electrons. The third kappa shape index (κ3) is 3.94. The Morgan fingerprint density at radius 1 is 1.58 bits per heavy atom. The van der Waals surface area contributed by atoms with Gasteiger partial charge < -0.3 is 14.7 Å². The maximum atomic E-state index is 5.09. The van der Waals surface area contributed by atoms with Crippen LogP contribution < -0.4 is 5.32 Å². The van der Waals surface area contributed by atoms with Gasteiger partial charge >= 0.3 is 0 Å². The highest BCUT2D eigenvalue weighted by Crippen LogP contribution is 2.15. The van der Waals surface area contributed by atoms with E-state index in [4.69, 9.17) is 4.52 Å². The van der Waals surface area contributed by atoms with Gasteiger partial charge in [-0.3, -0.25) is 4.99 Å². The zero-order valence-corrected chi connectivity index (χ0v) is 12.0. The van der Waals surface area contributed by atoms with Crippen LogP contribution >= 0.6 is 0 Å². The molecule has 19 heavy (non-hydrogen) atoms. The molecule has 0 spiro atoms. The van der Waals surface area contributed by atoms with Crippen LogP contribution in [-0.2, 0) is 6.42 Å². The summed E-state index contributed by atoms with van der Waals surface area (Å²) in [5.41, 5.74) is 0. The van der Waals surface area contributed by atoms with Crippen molar-refractivity contribution in [1.29, 1.82) is 0 Å². The van der Waals surface area contributed by atoms with E-state index in [0.29, 0.717) is 11.7 Å². The molecule has 0 saturated carbocycles. The number of aliphatic imine (C=N–C) groups is 1. The van der Waals surface area contributed by atoms with Crippen molar-refractivity contribution in [3.05, 3.63) is 11.7 Å². The molecule has 0 aromatic carbocycles. The van der Waals surface area contributed by atoms with Gasteiger partial charge in [0.2, 0.25) is 5.89 Å². The van der Waals surface area contributed by atoms with Crippen LogP contribution in [0, 0.1) is 12.8 Å². The number of nitrogens with one attached hydrogen (secondary N) is 1. The van der Waals surface area contributed by atoms with E-state index in [9.17, 15) is 0 Å². The lowest BCUT2D eigenvalue weighted by molar-refractivity contribution is 0.266. The summed E-state index contributed by atoms with van der Waals surface area (Å²) in [5, 5.41) is 7.15. The molecule has 6 heteroatoms. The first-order chi connectivity index (χ1) is 9.19. The number of nitrogens with zero attached hydrogens (tertiary/aromatic N) is 4. The summed E-state index contributed by atoms with van der Waals surface area (Å²) >= 11 is 0. The molecule has 1 aliphatic heterocycles. The molecule has 1 N–H and O–H groups in total. The topological polar surface area (TPSA) is 66.5 Å². The number of aromatic nitrogens is 2. The van der Waals surface area contributed by atoms with Crippen molar-refractivity contribution in [2.45, 2.75) is 33.1 Å². The van der Waals surface area contributed by atoms with Crippen LogP contribution in [0.25, 0.3) is 0 Å². The van der Waals surface area contributed by atoms with Crippen LogP contribution in [-0.4, -0.2) is 47.7 Å². The molecule has 2 heterocycles.